The predicted molar refractivity (Wildman–Crippen MR) is 74.5 cm³/mol. The van der Waals surface area contributed by atoms with Crippen LogP contribution in [0.2, 0.25) is 0 Å². The van der Waals surface area contributed by atoms with Crippen LogP contribution < -0.4 is 4.74 Å². The van der Waals surface area contributed by atoms with Crippen molar-refractivity contribution in [2.24, 2.45) is 0 Å². The Labute approximate surface area is 115 Å². The second-order valence-electron chi connectivity index (χ2n) is 3.84. The minimum absolute atomic E-state index is 0.620. The van der Waals surface area contributed by atoms with Gasteiger partial charge in [0.1, 0.15) is 5.75 Å². The monoisotopic (exact) mass is 301 g/mol. The maximum Gasteiger partial charge on any atom is 0.133 e. The number of hydrogen-bond donors (Lipinski definition) is 0. The van der Waals surface area contributed by atoms with Gasteiger partial charge in [-0.15, -0.1) is 0 Å². The lowest BCUT2D eigenvalue weighted by Crippen LogP contribution is -2.01. The molecule has 0 amide bonds. The van der Waals surface area contributed by atoms with Crippen LogP contribution in [0.4, 0.5) is 0 Å². The van der Waals surface area contributed by atoms with Crippen molar-refractivity contribution in [2.45, 2.75) is 6.42 Å². The van der Waals surface area contributed by atoms with Gasteiger partial charge in [-0.3, -0.25) is 0 Å². The van der Waals surface area contributed by atoms with Gasteiger partial charge in [-0.2, -0.15) is 5.26 Å². The van der Waals surface area contributed by atoms with E-state index in [4.69, 9.17) is 10.00 Å². The topological polar surface area (TPSA) is 33.0 Å². The van der Waals surface area contributed by atoms with E-state index in [0.29, 0.717) is 12.2 Å². The molecule has 0 saturated heterocycles. The summed E-state index contributed by atoms with van der Waals surface area (Å²) in [4.78, 5) is 0. The summed E-state index contributed by atoms with van der Waals surface area (Å²) in [5.41, 5.74) is 1.85. The summed E-state index contributed by atoms with van der Waals surface area (Å²) in [6.07, 6.45) is 0.826. The first-order chi connectivity index (χ1) is 8.79. The van der Waals surface area contributed by atoms with Crippen LogP contribution in [0.1, 0.15) is 11.1 Å². The molecule has 0 fully saturated rings. The molecule has 2 rings (SSSR count). The second kappa shape index (κ2) is 6.23. The first-order valence-corrected chi connectivity index (χ1v) is 6.45. The van der Waals surface area contributed by atoms with Gasteiger partial charge in [0.05, 0.1) is 22.7 Å². The molecule has 90 valence electrons. The number of rotatable bonds is 4. The Hall–Kier alpha value is -1.79. The van der Waals surface area contributed by atoms with E-state index < -0.39 is 0 Å². The van der Waals surface area contributed by atoms with E-state index in [9.17, 15) is 0 Å². The molecular weight excluding hydrogens is 290 g/mol. The summed E-state index contributed by atoms with van der Waals surface area (Å²) < 4.78 is 6.65. The average molecular weight is 302 g/mol. The van der Waals surface area contributed by atoms with Crippen molar-refractivity contribution in [3.8, 4) is 11.8 Å². The van der Waals surface area contributed by atoms with E-state index in [1.54, 1.807) is 0 Å². The van der Waals surface area contributed by atoms with Crippen molar-refractivity contribution in [3.63, 3.8) is 0 Å². The van der Waals surface area contributed by atoms with Crippen molar-refractivity contribution < 1.29 is 4.74 Å². The normalized spacial score (nSPS) is 9.78. The fourth-order valence-electron chi connectivity index (χ4n) is 1.59. The molecular formula is C15H12BrNO. The zero-order valence-corrected chi connectivity index (χ0v) is 11.4. The number of halogens is 1. The maximum atomic E-state index is 8.70. The third-order valence-electron chi connectivity index (χ3n) is 2.57. The molecule has 0 N–H and O–H groups in total. The van der Waals surface area contributed by atoms with Crippen LogP contribution in [0, 0.1) is 11.3 Å². The third-order valence-corrected chi connectivity index (χ3v) is 3.22. The maximum absolute atomic E-state index is 8.70. The fourth-order valence-corrected chi connectivity index (χ4v) is 1.99. The summed E-state index contributed by atoms with van der Waals surface area (Å²) in [5.74, 6) is 0.853. The Morgan fingerprint density at radius 2 is 1.78 bits per heavy atom. The van der Waals surface area contributed by atoms with Crippen LogP contribution in [-0.2, 0) is 6.42 Å². The molecule has 0 saturated carbocycles. The Bertz CT molecular complexity index is 557. The molecule has 0 aromatic heterocycles. The Kier molecular flexibility index (Phi) is 4.38. The fraction of sp³-hybridized carbons (Fsp3) is 0.133. The van der Waals surface area contributed by atoms with Crippen molar-refractivity contribution in [2.75, 3.05) is 6.61 Å². The van der Waals surface area contributed by atoms with E-state index in [1.165, 1.54) is 5.56 Å². The standard InChI is InChI=1S/C15H12BrNO/c16-14-3-1-2-4-15(14)18-10-9-12-5-7-13(11-17)8-6-12/h1-8H,9-10H2. The van der Waals surface area contributed by atoms with Crippen molar-refractivity contribution in [1.29, 1.82) is 5.26 Å². The first-order valence-electron chi connectivity index (χ1n) is 5.66. The Balaban J connectivity index is 1.89. The zero-order chi connectivity index (χ0) is 12.8. The smallest absolute Gasteiger partial charge is 0.133 e. The van der Waals surface area contributed by atoms with Gasteiger partial charge in [0, 0.05) is 6.42 Å². The molecule has 3 heteroatoms. The summed E-state index contributed by atoms with van der Waals surface area (Å²) >= 11 is 3.44. The van der Waals surface area contributed by atoms with Crippen molar-refractivity contribution in [1.82, 2.24) is 0 Å². The highest BCUT2D eigenvalue weighted by Crippen LogP contribution is 2.23. The highest BCUT2D eigenvalue weighted by atomic mass is 79.9. The molecule has 0 spiro atoms. The SMILES string of the molecule is N#Cc1ccc(CCOc2ccccc2Br)cc1. The van der Waals surface area contributed by atoms with Gasteiger partial charge in [0.15, 0.2) is 0 Å². The van der Waals surface area contributed by atoms with Gasteiger partial charge < -0.3 is 4.74 Å². The number of nitriles is 1. The van der Waals surface area contributed by atoms with Crippen LogP contribution in [0.25, 0.3) is 0 Å². The average Bonchev–Trinajstić information content (AvgIpc) is 2.42. The zero-order valence-electron chi connectivity index (χ0n) is 9.77. The van der Waals surface area contributed by atoms with E-state index in [0.717, 1.165) is 16.6 Å². The molecule has 0 unspecified atom stereocenters. The largest absolute Gasteiger partial charge is 0.492 e. The third kappa shape index (κ3) is 3.35. The van der Waals surface area contributed by atoms with Crippen LogP contribution in [0.3, 0.4) is 0 Å². The predicted octanol–water partition coefficient (Wildman–Crippen LogP) is 3.94. The number of benzene rings is 2. The van der Waals surface area contributed by atoms with Crippen LogP contribution >= 0.6 is 15.9 Å². The van der Waals surface area contributed by atoms with Crippen molar-refractivity contribution in [3.05, 3.63) is 64.1 Å². The lowest BCUT2D eigenvalue weighted by atomic mass is 10.1. The van der Waals surface area contributed by atoms with Crippen LogP contribution in [0.5, 0.6) is 5.75 Å². The molecule has 2 aromatic carbocycles. The van der Waals surface area contributed by atoms with E-state index in [2.05, 4.69) is 22.0 Å². The molecule has 0 radical (unpaired) electrons. The lowest BCUT2D eigenvalue weighted by Gasteiger charge is -2.07. The summed E-state index contributed by atoms with van der Waals surface area (Å²) in [6.45, 7) is 0.620. The van der Waals surface area contributed by atoms with Gasteiger partial charge in [0.25, 0.3) is 0 Å². The highest BCUT2D eigenvalue weighted by molar-refractivity contribution is 9.10. The van der Waals surface area contributed by atoms with E-state index >= 15 is 0 Å². The molecule has 0 aliphatic carbocycles. The van der Waals surface area contributed by atoms with Gasteiger partial charge in [-0.1, -0.05) is 24.3 Å². The first kappa shape index (κ1) is 12.7. The van der Waals surface area contributed by atoms with E-state index in [-0.39, 0.29) is 0 Å². The minimum atomic E-state index is 0.620. The molecule has 0 aliphatic heterocycles. The van der Waals surface area contributed by atoms with E-state index in [1.807, 2.05) is 48.5 Å². The molecule has 0 atom stereocenters. The van der Waals surface area contributed by atoms with Crippen LogP contribution in [0.15, 0.2) is 53.0 Å². The van der Waals surface area contributed by atoms with Gasteiger partial charge in [0.2, 0.25) is 0 Å². The Morgan fingerprint density at radius 3 is 2.44 bits per heavy atom. The number of hydrogen-bond acceptors (Lipinski definition) is 2. The lowest BCUT2D eigenvalue weighted by molar-refractivity contribution is 0.320. The number of nitrogens with zero attached hydrogens (tertiary/aromatic N) is 1. The molecule has 0 aliphatic rings. The summed E-state index contributed by atoms with van der Waals surface area (Å²) in [5, 5.41) is 8.70. The molecule has 2 aromatic rings. The van der Waals surface area contributed by atoms with Gasteiger partial charge >= 0.3 is 0 Å². The summed E-state index contributed by atoms with van der Waals surface area (Å²) in [6, 6.07) is 17.5. The number of para-hydroxylation sites is 1. The quantitative estimate of drug-likeness (QED) is 0.857. The molecule has 0 bridgehead atoms. The minimum Gasteiger partial charge on any atom is -0.492 e. The van der Waals surface area contributed by atoms with Crippen LogP contribution in [-0.4, -0.2) is 6.61 Å². The molecule has 2 nitrogen and oxygen atoms in total. The molecule has 0 heterocycles. The van der Waals surface area contributed by atoms with Gasteiger partial charge in [-0.05, 0) is 45.8 Å². The number of ether oxygens (including phenoxy) is 1. The highest BCUT2D eigenvalue weighted by Gasteiger charge is 1.99. The summed E-state index contributed by atoms with van der Waals surface area (Å²) in [7, 11) is 0. The van der Waals surface area contributed by atoms with Gasteiger partial charge in [-0.25, -0.2) is 0 Å². The Morgan fingerprint density at radius 1 is 1.06 bits per heavy atom. The van der Waals surface area contributed by atoms with Crippen molar-refractivity contribution >= 4 is 15.9 Å². The molecule has 18 heavy (non-hydrogen) atoms. The second-order valence-corrected chi connectivity index (χ2v) is 4.69.